The molecule has 0 bridgehead atoms. The van der Waals surface area contributed by atoms with Gasteiger partial charge in [-0.3, -0.25) is 0 Å². The number of halogens is 1. The maximum absolute atomic E-state index is 11.3. The third kappa shape index (κ3) is 2.25. The van der Waals surface area contributed by atoms with Gasteiger partial charge in [0.05, 0.1) is 10.6 Å². The molecule has 2 aromatic heterocycles. The Bertz CT molecular complexity index is 768. The number of rotatable bonds is 3. The van der Waals surface area contributed by atoms with Gasteiger partial charge in [0, 0.05) is 4.47 Å². The SMILES string of the molecule is O=C(O)c1nnn(-c2cccc(Br)c2)c1-c1cccs1. The van der Waals surface area contributed by atoms with Crippen molar-refractivity contribution in [2.24, 2.45) is 0 Å². The average molecular weight is 350 g/mol. The summed E-state index contributed by atoms with van der Waals surface area (Å²) in [7, 11) is 0. The van der Waals surface area contributed by atoms with E-state index in [0.717, 1.165) is 15.0 Å². The van der Waals surface area contributed by atoms with Crippen LogP contribution in [-0.4, -0.2) is 26.1 Å². The number of hydrogen-bond acceptors (Lipinski definition) is 4. The molecule has 5 nitrogen and oxygen atoms in total. The lowest BCUT2D eigenvalue weighted by atomic mass is 10.2. The molecule has 0 aliphatic carbocycles. The molecule has 0 unspecified atom stereocenters. The van der Waals surface area contributed by atoms with Crippen LogP contribution in [0.4, 0.5) is 0 Å². The van der Waals surface area contributed by atoms with Crippen LogP contribution in [0.1, 0.15) is 10.5 Å². The lowest BCUT2D eigenvalue weighted by molar-refractivity contribution is 0.0691. The first-order chi connectivity index (χ1) is 9.66. The number of benzene rings is 1. The van der Waals surface area contributed by atoms with Crippen molar-refractivity contribution in [3.05, 3.63) is 51.9 Å². The normalized spacial score (nSPS) is 10.7. The zero-order valence-corrected chi connectivity index (χ0v) is 12.4. The van der Waals surface area contributed by atoms with Gasteiger partial charge in [0.1, 0.15) is 5.69 Å². The van der Waals surface area contributed by atoms with Crippen LogP contribution in [0, 0.1) is 0 Å². The molecule has 0 aliphatic rings. The predicted octanol–water partition coefficient (Wildman–Crippen LogP) is 3.46. The summed E-state index contributed by atoms with van der Waals surface area (Å²) in [6.45, 7) is 0. The largest absolute Gasteiger partial charge is 0.476 e. The van der Waals surface area contributed by atoms with Crippen molar-refractivity contribution in [3.8, 4) is 16.3 Å². The third-order valence-electron chi connectivity index (χ3n) is 2.68. The van der Waals surface area contributed by atoms with Crippen molar-refractivity contribution in [2.45, 2.75) is 0 Å². The molecule has 7 heteroatoms. The van der Waals surface area contributed by atoms with Crippen molar-refractivity contribution in [3.63, 3.8) is 0 Å². The summed E-state index contributed by atoms with van der Waals surface area (Å²) in [5, 5.41) is 18.9. The van der Waals surface area contributed by atoms with E-state index >= 15 is 0 Å². The van der Waals surface area contributed by atoms with Crippen molar-refractivity contribution >= 4 is 33.2 Å². The van der Waals surface area contributed by atoms with Gasteiger partial charge in [-0.1, -0.05) is 33.3 Å². The Morgan fingerprint density at radius 1 is 1.30 bits per heavy atom. The Kier molecular flexibility index (Phi) is 3.37. The van der Waals surface area contributed by atoms with Crippen LogP contribution in [0.5, 0.6) is 0 Å². The van der Waals surface area contributed by atoms with Crippen LogP contribution in [-0.2, 0) is 0 Å². The molecule has 3 aromatic rings. The minimum Gasteiger partial charge on any atom is -0.476 e. The lowest BCUT2D eigenvalue weighted by Crippen LogP contribution is -2.02. The topological polar surface area (TPSA) is 68.0 Å². The minimum atomic E-state index is -1.09. The summed E-state index contributed by atoms with van der Waals surface area (Å²) >= 11 is 4.84. The smallest absolute Gasteiger partial charge is 0.358 e. The molecule has 0 radical (unpaired) electrons. The van der Waals surface area contributed by atoms with Crippen LogP contribution >= 0.6 is 27.3 Å². The summed E-state index contributed by atoms with van der Waals surface area (Å²) in [5.41, 5.74) is 1.20. The zero-order valence-electron chi connectivity index (χ0n) is 10.0. The first-order valence-electron chi connectivity index (χ1n) is 5.65. The summed E-state index contributed by atoms with van der Waals surface area (Å²) in [6.07, 6.45) is 0. The Morgan fingerprint density at radius 3 is 2.80 bits per heavy atom. The first-order valence-corrected chi connectivity index (χ1v) is 7.33. The predicted molar refractivity (Wildman–Crippen MR) is 79.3 cm³/mol. The average Bonchev–Trinajstić information content (AvgIpc) is 3.07. The second-order valence-electron chi connectivity index (χ2n) is 3.96. The number of thiophene rings is 1. The fourth-order valence-corrected chi connectivity index (χ4v) is 2.99. The number of aromatic nitrogens is 3. The van der Waals surface area contributed by atoms with Crippen molar-refractivity contribution in [1.82, 2.24) is 15.0 Å². The van der Waals surface area contributed by atoms with Gasteiger partial charge in [-0.2, -0.15) is 0 Å². The monoisotopic (exact) mass is 349 g/mol. The highest BCUT2D eigenvalue weighted by Gasteiger charge is 2.22. The second kappa shape index (κ2) is 5.18. The highest BCUT2D eigenvalue weighted by atomic mass is 79.9. The molecular weight excluding hydrogens is 342 g/mol. The lowest BCUT2D eigenvalue weighted by Gasteiger charge is -2.05. The van der Waals surface area contributed by atoms with Crippen molar-refractivity contribution in [2.75, 3.05) is 0 Å². The maximum atomic E-state index is 11.3. The summed E-state index contributed by atoms with van der Waals surface area (Å²) < 4.78 is 2.43. The molecule has 3 rings (SSSR count). The molecule has 20 heavy (non-hydrogen) atoms. The van der Waals surface area contributed by atoms with E-state index in [4.69, 9.17) is 0 Å². The highest BCUT2D eigenvalue weighted by molar-refractivity contribution is 9.10. The molecule has 0 atom stereocenters. The molecular formula is C13H8BrN3O2S. The van der Waals surface area contributed by atoms with E-state index in [-0.39, 0.29) is 5.69 Å². The Hall–Kier alpha value is -1.99. The zero-order chi connectivity index (χ0) is 14.1. The molecule has 0 fully saturated rings. The molecule has 100 valence electrons. The number of carbonyl (C=O) groups is 1. The first kappa shape index (κ1) is 13.0. The molecule has 2 heterocycles. The quantitative estimate of drug-likeness (QED) is 0.786. The summed E-state index contributed by atoms with van der Waals surface area (Å²) in [5.74, 6) is -1.09. The third-order valence-corrected chi connectivity index (χ3v) is 4.05. The second-order valence-corrected chi connectivity index (χ2v) is 5.82. The Morgan fingerprint density at radius 2 is 2.15 bits per heavy atom. The van der Waals surface area contributed by atoms with E-state index in [0.29, 0.717) is 5.69 Å². The molecule has 0 saturated heterocycles. The summed E-state index contributed by atoms with van der Waals surface area (Å²) in [6, 6.07) is 11.2. The molecule has 1 aromatic carbocycles. The van der Waals surface area contributed by atoms with Crippen molar-refractivity contribution in [1.29, 1.82) is 0 Å². The van der Waals surface area contributed by atoms with Crippen LogP contribution in [0.3, 0.4) is 0 Å². The van der Waals surface area contributed by atoms with Gasteiger partial charge < -0.3 is 5.11 Å². The van der Waals surface area contributed by atoms with E-state index < -0.39 is 5.97 Å². The Labute approximate surface area is 126 Å². The minimum absolute atomic E-state index is 0.0487. The van der Waals surface area contributed by atoms with Gasteiger partial charge in [-0.15, -0.1) is 16.4 Å². The Balaban J connectivity index is 2.24. The molecule has 0 saturated carbocycles. The van der Waals surface area contributed by atoms with E-state index in [9.17, 15) is 9.90 Å². The fraction of sp³-hybridized carbons (Fsp3) is 0. The van der Waals surface area contributed by atoms with Gasteiger partial charge in [0.25, 0.3) is 0 Å². The van der Waals surface area contributed by atoms with Gasteiger partial charge in [0.2, 0.25) is 0 Å². The van der Waals surface area contributed by atoms with Gasteiger partial charge >= 0.3 is 5.97 Å². The van der Waals surface area contributed by atoms with E-state index in [1.165, 1.54) is 11.3 Å². The number of hydrogen-bond donors (Lipinski definition) is 1. The van der Waals surface area contributed by atoms with Crippen LogP contribution in [0.2, 0.25) is 0 Å². The molecule has 1 N–H and O–H groups in total. The summed E-state index contributed by atoms with van der Waals surface area (Å²) in [4.78, 5) is 12.1. The van der Waals surface area contributed by atoms with Gasteiger partial charge in [-0.25, -0.2) is 9.48 Å². The van der Waals surface area contributed by atoms with E-state index in [1.807, 2.05) is 41.8 Å². The number of carboxylic acids is 1. The van der Waals surface area contributed by atoms with Gasteiger partial charge in [0.15, 0.2) is 5.69 Å². The van der Waals surface area contributed by atoms with Crippen LogP contribution in [0.15, 0.2) is 46.3 Å². The number of carboxylic acid groups (broad SMARTS) is 1. The molecule has 0 aliphatic heterocycles. The molecule has 0 spiro atoms. The number of nitrogens with zero attached hydrogens (tertiary/aromatic N) is 3. The van der Waals surface area contributed by atoms with Crippen LogP contribution in [0.25, 0.3) is 16.3 Å². The fourth-order valence-electron chi connectivity index (χ4n) is 1.85. The highest BCUT2D eigenvalue weighted by Crippen LogP contribution is 2.29. The molecule has 0 amide bonds. The van der Waals surface area contributed by atoms with Crippen molar-refractivity contribution < 1.29 is 9.90 Å². The standard InChI is InChI=1S/C13H8BrN3O2S/c14-8-3-1-4-9(7-8)17-12(10-5-2-6-20-10)11(13(18)19)15-16-17/h1-7H,(H,18,19). The van der Waals surface area contributed by atoms with Gasteiger partial charge in [-0.05, 0) is 29.6 Å². The van der Waals surface area contributed by atoms with Crippen LogP contribution < -0.4 is 0 Å². The van der Waals surface area contributed by atoms with E-state index in [1.54, 1.807) is 4.68 Å². The number of aromatic carboxylic acids is 1. The van der Waals surface area contributed by atoms with E-state index in [2.05, 4.69) is 26.2 Å². The maximum Gasteiger partial charge on any atom is 0.358 e.